The Hall–Kier alpha value is -3.34. The van der Waals surface area contributed by atoms with Crippen LogP contribution >= 0.6 is 15.9 Å². The monoisotopic (exact) mass is 628 g/mol. The van der Waals surface area contributed by atoms with Gasteiger partial charge in [-0.15, -0.1) is 0 Å². The highest BCUT2D eigenvalue weighted by molar-refractivity contribution is 9.10. The number of ether oxygens (including phenoxy) is 2. The lowest BCUT2D eigenvalue weighted by Crippen LogP contribution is -2.35. The van der Waals surface area contributed by atoms with Crippen molar-refractivity contribution in [3.05, 3.63) is 88.4 Å². The van der Waals surface area contributed by atoms with E-state index in [1.807, 2.05) is 24.3 Å². The quantitative estimate of drug-likeness (QED) is 0.184. The lowest BCUT2D eigenvalue weighted by molar-refractivity contribution is -0.137. The van der Waals surface area contributed by atoms with E-state index in [0.717, 1.165) is 39.6 Å². The topological polar surface area (TPSA) is 119 Å². The highest BCUT2D eigenvalue weighted by atomic mass is 79.9. The van der Waals surface area contributed by atoms with Crippen LogP contribution in [0.15, 0.2) is 77.3 Å². The molecule has 3 aromatic rings. The minimum absolute atomic E-state index is 0.141. The summed E-state index contributed by atoms with van der Waals surface area (Å²) in [6.45, 7) is 0.474. The molecule has 0 amide bonds. The van der Waals surface area contributed by atoms with Crippen molar-refractivity contribution in [2.75, 3.05) is 6.61 Å². The fourth-order valence-corrected chi connectivity index (χ4v) is 6.84. The summed E-state index contributed by atoms with van der Waals surface area (Å²) < 4.78 is 45.2. The number of fused-ring (bicyclic) bond motifs is 2. The van der Waals surface area contributed by atoms with Crippen molar-refractivity contribution >= 4 is 43.2 Å². The number of phenols is 1. The highest BCUT2D eigenvalue weighted by Crippen LogP contribution is 2.51. The fourth-order valence-electron chi connectivity index (χ4n) is 5.15. The van der Waals surface area contributed by atoms with E-state index in [1.54, 1.807) is 48.5 Å². The summed E-state index contributed by atoms with van der Waals surface area (Å²) in [4.78, 5) is 10.6. The zero-order valence-electron chi connectivity index (χ0n) is 21.5. The van der Waals surface area contributed by atoms with Gasteiger partial charge in [-0.3, -0.25) is 4.79 Å². The van der Waals surface area contributed by atoms with Crippen molar-refractivity contribution in [1.82, 2.24) is 0 Å². The molecule has 0 aromatic heterocycles. The molecule has 1 saturated heterocycles. The molecule has 0 saturated carbocycles. The van der Waals surface area contributed by atoms with Crippen LogP contribution < -0.4 is 8.92 Å². The maximum absolute atomic E-state index is 13.4. The Morgan fingerprint density at radius 2 is 1.50 bits per heavy atom. The molecule has 0 radical (unpaired) electrons. The molecule has 1 fully saturated rings. The van der Waals surface area contributed by atoms with Gasteiger partial charge in [-0.25, -0.2) is 0 Å². The second-order valence-electron chi connectivity index (χ2n) is 9.80. The van der Waals surface area contributed by atoms with Crippen LogP contribution in [0.3, 0.4) is 0 Å². The molecule has 3 aromatic carbocycles. The summed E-state index contributed by atoms with van der Waals surface area (Å²) in [6.07, 6.45) is 1.38. The first-order valence-electron chi connectivity index (χ1n) is 13.0. The predicted octanol–water partition coefficient (Wildman–Crippen LogP) is 6.04. The number of hydrogen-bond acceptors (Lipinski definition) is 7. The molecule has 5 rings (SSSR count). The number of carboxylic acids is 1. The minimum Gasteiger partial charge on any atom is -0.508 e. The van der Waals surface area contributed by atoms with Crippen LogP contribution in [0.1, 0.15) is 43.2 Å². The van der Waals surface area contributed by atoms with Crippen LogP contribution in [0.5, 0.6) is 17.2 Å². The van der Waals surface area contributed by atoms with Crippen LogP contribution in [0.4, 0.5) is 0 Å². The molecule has 0 unspecified atom stereocenters. The van der Waals surface area contributed by atoms with E-state index in [0.29, 0.717) is 18.8 Å². The maximum atomic E-state index is 13.4. The van der Waals surface area contributed by atoms with E-state index in [-0.39, 0.29) is 24.3 Å². The number of hydrogen-bond donors (Lipinski definition) is 2. The van der Waals surface area contributed by atoms with E-state index < -0.39 is 33.5 Å². The zero-order valence-corrected chi connectivity index (χ0v) is 23.9. The minimum atomic E-state index is -4.02. The second-order valence-corrected chi connectivity index (χ2v) is 12.5. The normalized spacial score (nSPS) is 20.1. The molecule has 210 valence electrons. The van der Waals surface area contributed by atoms with Crippen LogP contribution in [0.25, 0.3) is 11.1 Å². The molecular weight excluding hydrogens is 600 g/mol. The maximum Gasteiger partial charge on any atom is 0.315 e. The molecule has 8 nitrogen and oxygen atoms in total. The summed E-state index contributed by atoms with van der Waals surface area (Å²) >= 11 is 3.34. The van der Waals surface area contributed by atoms with Crippen molar-refractivity contribution in [1.29, 1.82) is 0 Å². The standard InChI is InChI=1S/C30H29BrO8S/c31-21-9-15-24(16-10-21)39-40(35,36)26-18-25-28(19-5-11-22(32)12-6-19)29(30(26)38-25)20-7-13-23(14-8-20)37-17-3-1-2-4-27(33)34/h5-16,25-26,30,32H,1-4,17-18H2,(H,33,34)/t25-,26+,30+/m0/s1. The van der Waals surface area contributed by atoms with Gasteiger partial charge >= 0.3 is 16.1 Å². The predicted molar refractivity (Wildman–Crippen MR) is 154 cm³/mol. The van der Waals surface area contributed by atoms with E-state index in [4.69, 9.17) is 18.8 Å². The van der Waals surface area contributed by atoms with E-state index in [9.17, 15) is 18.3 Å². The van der Waals surface area contributed by atoms with Gasteiger partial charge in [0.2, 0.25) is 0 Å². The summed E-state index contributed by atoms with van der Waals surface area (Å²) in [6, 6.07) is 20.9. The molecule has 2 aliphatic rings. The largest absolute Gasteiger partial charge is 0.508 e. The van der Waals surface area contributed by atoms with E-state index in [1.165, 1.54) is 0 Å². The summed E-state index contributed by atoms with van der Waals surface area (Å²) in [5.41, 5.74) is 3.34. The molecule has 40 heavy (non-hydrogen) atoms. The Labute approximate surface area is 241 Å². The van der Waals surface area contributed by atoms with Crippen LogP contribution in [0.2, 0.25) is 0 Å². The lowest BCUT2D eigenvalue weighted by atomic mass is 9.83. The third kappa shape index (κ3) is 6.35. The van der Waals surface area contributed by atoms with Gasteiger partial charge < -0.3 is 23.9 Å². The lowest BCUT2D eigenvalue weighted by Gasteiger charge is -2.25. The SMILES string of the molecule is O=C(O)CCCCCOc1ccc(C2=C(c3ccc(O)cc3)[C@@H]3C[C@@H](S(=O)(=O)Oc4ccc(Br)cc4)[C@H]2O3)cc1. The van der Waals surface area contributed by atoms with Crippen molar-refractivity contribution in [3.63, 3.8) is 0 Å². The molecule has 2 aliphatic heterocycles. The van der Waals surface area contributed by atoms with E-state index in [2.05, 4.69) is 15.9 Å². The second kappa shape index (κ2) is 12.0. The first-order chi connectivity index (χ1) is 19.2. The van der Waals surface area contributed by atoms with Crippen molar-refractivity contribution in [3.8, 4) is 17.2 Å². The van der Waals surface area contributed by atoms with Crippen LogP contribution in [-0.4, -0.2) is 48.7 Å². The van der Waals surface area contributed by atoms with Gasteiger partial charge in [0.1, 0.15) is 28.6 Å². The zero-order chi connectivity index (χ0) is 28.3. The number of unbranched alkanes of at least 4 members (excludes halogenated alkanes) is 2. The van der Waals surface area contributed by atoms with Gasteiger partial charge in [0.05, 0.1) is 12.7 Å². The Morgan fingerprint density at radius 1 is 0.875 bits per heavy atom. The molecule has 10 heteroatoms. The van der Waals surface area contributed by atoms with Crippen LogP contribution in [-0.2, 0) is 19.6 Å². The molecule has 2 N–H and O–H groups in total. The van der Waals surface area contributed by atoms with Gasteiger partial charge in [0.25, 0.3) is 0 Å². The molecular formula is C30H29BrO8S. The Bertz CT molecular complexity index is 1480. The molecule has 2 heterocycles. The molecule has 2 bridgehead atoms. The van der Waals surface area contributed by atoms with Gasteiger partial charge in [-0.1, -0.05) is 40.2 Å². The van der Waals surface area contributed by atoms with Gasteiger partial charge in [0, 0.05) is 17.3 Å². The summed E-state index contributed by atoms with van der Waals surface area (Å²) in [5, 5.41) is 17.7. The number of aromatic hydroxyl groups is 1. The number of carbonyl (C=O) groups is 1. The number of phenolic OH excluding ortho intramolecular Hbond substituents is 1. The summed E-state index contributed by atoms with van der Waals surface area (Å²) in [7, 11) is -4.02. The Kier molecular flexibility index (Phi) is 8.48. The number of halogens is 1. The number of benzene rings is 3. The average molecular weight is 630 g/mol. The highest BCUT2D eigenvalue weighted by Gasteiger charge is 2.53. The fraction of sp³-hybridized carbons (Fsp3) is 0.300. The van der Waals surface area contributed by atoms with Crippen molar-refractivity contribution < 1.29 is 37.1 Å². The number of carboxylic acid groups (broad SMARTS) is 1. The third-order valence-corrected chi connectivity index (χ3v) is 9.17. The van der Waals surface area contributed by atoms with Gasteiger partial charge in [-0.2, -0.15) is 8.42 Å². The Balaban J connectivity index is 1.38. The van der Waals surface area contributed by atoms with Gasteiger partial charge in [-0.05, 0) is 90.1 Å². The molecule has 0 aliphatic carbocycles. The first-order valence-corrected chi connectivity index (χ1v) is 15.3. The van der Waals surface area contributed by atoms with Crippen molar-refractivity contribution in [2.24, 2.45) is 0 Å². The first kappa shape index (κ1) is 28.2. The summed E-state index contributed by atoms with van der Waals surface area (Å²) in [5.74, 6) is 0.250. The van der Waals surface area contributed by atoms with Gasteiger partial charge in [0.15, 0.2) is 0 Å². The Morgan fingerprint density at radius 3 is 2.17 bits per heavy atom. The third-order valence-electron chi connectivity index (χ3n) is 7.04. The average Bonchev–Trinajstić information content (AvgIpc) is 3.53. The number of aliphatic carboxylic acids is 1. The molecule has 0 spiro atoms. The number of rotatable bonds is 12. The van der Waals surface area contributed by atoms with E-state index >= 15 is 0 Å². The van der Waals surface area contributed by atoms with Crippen molar-refractivity contribution in [2.45, 2.75) is 49.6 Å². The smallest absolute Gasteiger partial charge is 0.315 e. The van der Waals surface area contributed by atoms with Crippen LogP contribution in [0, 0.1) is 0 Å². The molecule has 3 atom stereocenters.